The van der Waals surface area contributed by atoms with Crippen molar-refractivity contribution in [3.05, 3.63) is 21.5 Å². The topological polar surface area (TPSA) is 78.0 Å². The Morgan fingerprint density at radius 2 is 2.16 bits per heavy atom. The number of imidazole rings is 1. The molecule has 0 bridgehead atoms. The summed E-state index contributed by atoms with van der Waals surface area (Å²) in [5.74, 6) is -0.131. The minimum Gasteiger partial charge on any atom is -0.369 e. The van der Waals surface area contributed by atoms with E-state index in [4.69, 9.17) is 5.73 Å². The Labute approximate surface area is 124 Å². The first-order chi connectivity index (χ1) is 8.84. The third kappa shape index (κ3) is 2.99. The van der Waals surface area contributed by atoms with Crippen molar-refractivity contribution in [1.29, 1.82) is 0 Å². The van der Waals surface area contributed by atoms with E-state index in [-0.39, 0.29) is 29.8 Å². The van der Waals surface area contributed by atoms with Gasteiger partial charge in [-0.1, -0.05) is 6.92 Å². The van der Waals surface area contributed by atoms with Crippen LogP contribution in [-0.4, -0.2) is 29.5 Å². The maximum atomic E-state index is 13.6. The quantitative estimate of drug-likeness (QED) is 0.799. The fraction of sp³-hybridized carbons (Fsp3) is 0.364. The average molecular weight is 397 g/mol. The predicted molar refractivity (Wildman–Crippen MR) is 81.1 cm³/mol. The van der Waals surface area contributed by atoms with Crippen LogP contribution in [-0.2, 0) is 16.4 Å². The summed E-state index contributed by atoms with van der Waals surface area (Å²) in [4.78, 5) is 4.12. The molecular formula is C11H13FIN3O2S. The van der Waals surface area contributed by atoms with Crippen molar-refractivity contribution in [2.45, 2.75) is 13.5 Å². The molecule has 0 spiro atoms. The SMILES string of the molecule is CCS(=O)(=O)CCn1c(N)nc2cc(I)c(F)cc21. The zero-order chi connectivity index (χ0) is 14.2. The molecule has 0 saturated heterocycles. The molecule has 0 amide bonds. The van der Waals surface area contributed by atoms with Gasteiger partial charge in [0, 0.05) is 18.4 Å². The fourth-order valence-corrected chi connectivity index (χ4v) is 2.95. The van der Waals surface area contributed by atoms with E-state index >= 15 is 0 Å². The first kappa shape index (κ1) is 14.5. The summed E-state index contributed by atoms with van der Waals surface area (Å²) < 4.78 is 38.6. The molecule has 0 atom stereocenters. The number of aromatic nitrogens is 2. The number of anilines is 1. The number of hydrogen-bond donors (Lipinski definition) is 1. The maximum absolute atomic E-state index is 13.6. The monoisotopic (exact) mass is 397 g/mol. The molecule has 2 N–H and O–H groups in total. The minimum atomic E-state index is -3.10. The van der Waals surface area contributed by atoms with Crippen LogP contribution in [0.2, 0.25) is 0 Å². The van der Waals surface area contributed by atoms with Crippen molar-refractivity contribution in [2.75, 3.05) is 17.2 Å². The Morgan fingerprint density at radius 1 is 1.47 bits per heavy atom. The van der Waals surface area contributed by atoms with Gasteiger partial charge in [-0.05, 0) is 28.7 Å². The Hall–Kier alpha value is -0.900. The first-order valence-corrected chi connectivity index (χ1v) is 8.55. The van der Waals surface area contributed by atoms with E-state index in [0.29, 0.717) is 14.6 Å². The van der Waals surface area contributed by atoms with Crippen molar-refractivity contribution in [1.82, 2.24) is 9.55 Å². The van der Waals surface area contributed by atoms with Crippen LogP contribution < -0.4 is 5.73 Å². The predicted octanol–water partition coefficient (Wildman–Crippen LogP) is 1.80. The second kappa shape index (κ2) is 5.23. The molecule has 2 aromatic rings. The van der Waals surface area contributed by atoms with Crippen LogP contribution in [0.15, 0.2) is 12.1 Å². The van der Waals surface area contributed by atoms with Gasteiger partial charge in [-0.15, -0.1) is 0 Å². The van der Waals surface area contributed by atoms with Gasteiger partial charge in [0.2, 0.25) is 5.95 Å². The summed E-state index contributed by atoms with van der Waals surface area (Å²) in [7, 11) is -3.10. The first-order valence-electron chi connectivity index (χ1n) is 5.65. The van der Waals surface area contributed by atoms with Crippen LogP contribution in [0.25, 0.3) is 11.0 Å². The number of aryl methyl sites for hydroxylation is 1. The lowest BCUT2D eigenvalue weighted by molar-refractivity contribution is 0.591. The zero-order valence-electron chi connectivity index (χ0n) is 10.2. The number of fused-ring (bicyclic) bond motifs is 1. The lowest BCUT2D eigenvalue weighted by Gasteiger charge is -2.06. The van der Waals surface area contributed by atoms with Crippen molar-refractivity contribution < 1.29 is 12.8 Å². The molecule has 1 heterocycles. The van der Waals surface area contributed by atoms with Crippen LogP contribution >= 0.6 is 22.6 Å². The van der Waals surface area contributed by atoms with E-state index < -0.39 is 9.84 Å². The molecule has 2 rings (SSSR count). The number of hydrogen-bond acceptors (Lipinski definition) is 4. The summed E-state index contributed by atoms with van der Waals surface area (Å²) in [6.45, 7) is 1.77. The highest BCUT2D eigenvalue weighted by atomic mass is 127. The average Bonchev–Trinajstić information content (AvgIpc) is 2.63. The molecule has 8 heteroatoms. The highest BCUT2D eigenvalue weighted by molar-refractivity contribution is 14.1. The third-order valence-corrected chi connectivity index (χ3v) is 5.40. The Kier molecular flexibility index (Phi) is 4.00. The van der Waals surface area contributed by atoms with Gasteiger partial charge in [0.25, 0.3) is 0 Å². The fourth-order valence-electron chi connectivity index (χ4n) is 1.75. The smallest absolute Gasteiger partial charge is 0.201 e. The van der Waals surface area contributed by atoms with Gasteiger partial charge in [0.15, 0.2) is 9.84 Å². The number of benzene rings is 1. The molecule has 5 nitrogen and oxygen atoms in total. The summed E-state index contributed by atoms with van der Waals surface area (Å²) >= 11 is 1.87. The van der Waals surface area contributed by atoms with Gasteiger partial charge in [-0.2, -0.15) is 0 Å². The van der Waals surface area contributed by atoms with Crippen LogP contribution in [0.4, 0.5) is 10.3 Å². The van der Waals surface area contributed by atoms with Gasteiger partial charge in [-0.3, -0.25) is 0 Å². The molecule has 0 aliphatic carbocycles. The van der Waals surface area contributed by atoms with Crippen molar-refractivity contribution in [3.63, 3.8) is 0 Å². The molecule has 0 aliphatic heterocycles. The minimum absolute atomic E-state index is 0.0350. The summed E-state index contributed by atoms with van der Waals surface area (Å²) in [5, 5.41) is 0. The van der Waals surface area contributed by atoms with Crippen molar-refractivity contribution >= 4 is 49.4 Å². The molecule has 1 aromatic heterocycles. The molecule has 19 heavy (non-hydrogen) atoms. The number of nitrogen functional groups attached to an aromatic ring is 1. The zero-order valence-corrected chi connectivity index (χ0v) is 13.2. The second-order valence-corrected chi connectivity index (χ2v) is 7.75. The molecular weight excluding hydrogens is 384 g/mol. The van der Waals surface area contributed by atoms with E-state index in [1.807, 2.05) is 22.6 Å². The summed E-state index contributed by atoms with van der Waals surface area (Å²) in [5.41, 5.74) is 6.84. The highest BCUT2D eigenvalue weighted by Gasteiger charge is 2.14. The number of nitrogens with two attached hydrogens (primary N) is 1. The highest BCUT2D eigenvalue weighted by Crippen LogP contribution is 2.23. The van der Waals surface area contributed by atoms with Crippen molar-refractivity contribution in [2.24, 2.45) is 0 Å². The second-order valence-electron chi connectivity index (χ2n) is 4.11. The molecule has 104 valence electrons. The summed E-state index contributed by atoms with van der Waals surface area (Å²) in [6, 6.07) is 2.92. The lowest BCUT2D eigenvalue weighted by atomic mass is 10.3. The van der Waals surface area contributed by atoms with Crippen LogP contribution in [0.5, 0.6) is 0 Å². The third-order valence-electron chi connectivity index (χ3n) is 2.89. The molecule has 1 aromatic carbocycles. The molecule has 0 radical (unpaired) electrons. The summed E-state index contributed by atoms with van der Waals surface area (Å²) in [6.07, 6.45) is 0. The van der Waals surface area contributed by atoms with Crippen LogP contribution in [0, 0.1) is 9.39 Å². The van der Waals surface area contributed by atoms with Gasteiger partial charge >= 0.3 is 0 Å². The lowest BCUT2D eigenvalue weighted by Crippen LogP contribution is -2.15. The van der Waals surface area contributed by atoms with Crippen molar-refractivity contribution in [3.8, 4) is 0 Å². The van der Waals surface area contributed by atoms with E-state index in [9.17, 15) is 12.8 Å². The molecule has 0 aliphatic rings. The number of nitrogens with zero attached hydrogens (tertiary/aromatic N) is 2. The van der Waals surface area contributed by atoms with E-state index in [0.717, 1.165) is 0 Å². The number of rotatable bonds is 4. The van der Waals surface area contributed by atoms with Gasteiger partial charge in [-0.25, -0.2) is 17.8 Å². The Balaban J connectivity index is 2.43. The largest absolute Gasteiger partial charge is 0.369 e. The van der Waals surface area contributed by atoms with Gasteiger partial charge < -0.3 is 10.3 Å². The maximum Gasteiger partial charge on any atom is 0.201 e. The van der Waals surface area contributed by atoms with Crippen LogP contribution in [0.3, 0.4) is 0 Å². The normalized spacial score (nSPS) is 12.2. The van der Waals surface area contributed by atoms with E-state index in [1.54, 1.807) is 13.0 Å². The van der Waals surface area contributed by atoms with Crippen LogP contribution in [0.1, 0.15) is 6.92 Å². The number of sulfone groups is 1. The standard InChI is InChI=1S/C11H13FIN3O2S/c1-2-19(17,18)4-3-16-10-5-7(12)8(13)6-9(10)15-11(16)14/h5-6H,2-4H2,1H3,(H2,14,15). The van der Waals surface area contributed by atoms with Gasteiger partial charge in [0.1, 0.15) is 5.82 Å². The molecule has 0 fully saturated rings. The van der Waals surface area contributed by atoms with E-state index in [2.05, 4.69) is 4.98 Å². The Morgan fingerprint density at radius 3 is 2.79 bits per heavy atom. The van der Waals surface area contributed by atoms with Gasteiger partial charge in [0.05, 0.1) is 20.4 Å². The van der Waals surface area contributed by atoms with E-state index in [1.165, 1.54) is 10.6 Å². The molecule has 0 unspecified atom stereocenters. The number of halogens is 2. The molecule has 0 saturated carbocycles. The Bertz CT molecular complexity index is 727.